The quantitative estimate of drug-likeness (QED) is 0.808. The number of carboxylic acid groups (broad SMARTS) is 1. The molecule has 2 amide bonds. The van der Waals surface area contributed by atoms with Crippen LogP contribution in [0.4, 0.5) is 4.79 Å². The largest absolute Gasteiger partial charge is 0.481 e. The highest BCUT2D eigenvalue weighted by atomic mass is 16.5. The summed E-state index contributed by atoms with van der Waals surface area (Å²) in [5.41, 5.74) is 0.184. The average Bonchev–Trinajstić information content (AvgIpc) is 2.49. The molecule has 6 nitrogen and oxygen atoms in total. The van der Waals surface area contributed by atoms with Crippen molar-refractivity contribution in [1.82, 2.24) is 10.2 Å². The number of nitrogens with zero attached hydrogens (tertiary/aromatic N) is 1. The number of nitrogens with one attached hydrogen (secondary N) is 1. The van der Waals surface area contributed by atoms with Gasteiger partial charge in [-0.05, 0) is 51.9 Å². The summed E-state index contributed by atoms with van der Waals surface area (Å²) in [5, 5.41) is 12.2. The lowest BCUT2D eigenvalue weighted by Gasteiger charge is -2.63. The van der Waals surface area contributed by atoms with Crippen LogP contribution >= 0.6 is 0 Å². The second kappa shape index (κ2) is 6.90. The Balaban J connectivity index is 1.50. The number of hydrogen-bond donors (Lipinski definition) is 2. The van der Waals surface area contributed by atoms with E-state index in [1.165, 1.54) is 6.42 Å². The lowest BCUT2D eigenvalue weighted by atomic mass is 9.50. The topological polar surface area (TPSA) is 78.9 Å². The zero-order chi connectivity index (χ0) is 17.3. The van der Waals surface area contributed by atoms with Gasteiger partial charge in [0, 0.05) is 31.2 Å². The van der Waals surface area contributed by atoms with Gasteiger partial charge in [0.25, 0.3) is 0 Å². The van der Waals surface area contributed by atoms with Crippen LogP contribution in [-0.2, 0) is 9.53 Å². The first-order valence-corrected chi connectivity index (χ1v) is 9.35. The van der Waals surface area contributed by atoms with Crippen molar-refractivity contribution in [3.63, 3.8) is 0 Å². The second-order valence-electron chi connectivity index (χ2n) is 7.73. The fourth-order valence-electron chi connectivity index (χ4n) is 4.85. The van der Waals surface area contributed by atoms with Crippen molar-refractivity contribution in [3.05, 3.63) is 0 Å². The first-order valence-electron chi connectivity index (χ1n) is 9.35. The van der Waals surface area contributed by atoms with Crippen LogP contribution in [0.25, 0.3) is 0 Å². The van der Waals surface area contributed by atoms with Crippen LogP contribution < -0.4 is 5.32 Å². The summed E-state index contributed by atoms with van der Waals surface area (Å²) in [6, 6.07) is 0.369. The highest BCUT2D eigenvalue weighted by molar-refractivity contribution is 5.75. The normalized spacial score (nSPS) is 34.1. The Morgan fingerprint density at radius 3 is 2.42 bits per heavy atom. The summed E-state index contributed by atoms with van der Waals surface area (Å²) in [5.74, 6) is -0.951. The minimum atomic E-state index is -0.708. The first kappa shape index (κ1) is 17.5. The van der Waals surface area contributed by atoms with Gasteiger partial charge in [-0.1, -0.05) is 6.42 Å². The van der Waals surface area contributed by atoms with Gasteiger partial charge < -0.3 is 20.1 Å². The molecule has 3 rings (SSSR count). The molecule has 0 bridgehead atoms. The smallest absolute Gasteiger partial charge is 0.317 e. The molecular formula is C18H30N2O4. The zero-order valence-electron chi connectivity index (χ0n) is 14.8. The maximum Gasteiger partial charge on any atom is 0.317 e. The lowest BCUT2D eigenvalue weighted by molar-refractivity contribution is -0.192. The van der Waals surface area contributed by atoms with Crippen molar-refractivity contribution in [2.45, 2.75) is 76.5 Å². The Labute approximate surface area is 143 Å². The molecule has 3 aliphatic rings. The van der Waals surface area contributed by atoms with Gasteiger partial charge in [0.1, 0.15) is 0 Å². The third kappa shape index (κ3) is 3.01. The molecule has 136 valence electrons. The first-order chi connectivity index (χ1) is 11.5. The van der Waals surface area contributed by atoms with Gasteiger partial charge in [-0.3, -0.25) is 4.79 Å². The third-order valence-corrected chi connectivity index (χ3v) is 6.59. The van der Waals surface area contributed by atoms with Crippen LogP contribution in [0.1, 0.15) is 58.3 Å². The van der Waals surface area contributed by atoms with Crippen LogP contribution in [0.15, 0.2) is 0 Å². The third-order valence-electron chi connectivity index (χ3n) is 6.59. The molecule has 0 heterocycles. The van der Waals surface area contributed by atoms with Gasteiger partial charge >= 0.3 is 12.0 Å². The Kier molecular flexibility index (Phi) is 5.04. The molecule has 2 unspecified atom stereocenters. The number of aliphatic carboxylic acids is 1. The monoisotopic (exact) mass is 338 g/mol. The number of urea groups is 1. The van der Waals surface area contributed by atoms with E-state index in [2.05, 4.69) is 5.32 Å². The van der Waals surface area contributed by atoms with Crippen LogP contribution in [0.2, 0.25) is 0 Å². The standard InChI is InChI=1S/C18H30N2O4/c1-3-24-15-11-14(18(15)9-4-10-18)20(2)17(23)19-13-7-5-12(6-8-13)16(21)22/h12-15H,3-11H2,1-2H3,(H,19,23)(H,21,22). The van der Waals surface area contributed by atoms with E-state index in [1.807, 2.05) is 18.9 Å². The molecule has 0 aliphatic heterocycles. The van der Waals surface area contributed by atoms with Crippen LogP contribution in [0.5, 0.6) is 0 Å². The van der Waals surface area contributed by atoms with Gasteiger partial charge in [-0.15, -0.1) is 0 Å². The van der Waals surface area contributed by atoms with Crippen LogP contribution in [0.3, 0.4) is 0 Å². The van der Waals surface area contributed by atoms with E-state index in [1.54, 1.807) is 0 Å². The lowest BCUT2D eigenvalue weighted by Crippen LogP contribution is -2.68. The number of hydrogen-bond acceptors (Lipinski definition) is 3. The van der Waals surface area contributed by atoms with Crippen LogP contribution in [-0.4, -0.2) is 53.8 Å². The molecule has 24 heavy (non-hydrogen) atoms. The zero-order valence-corrected chi connectivity index (χ0v) is 14.8. The second-order valence-corrected chi connectivity index (χ2v) is 7.73. The number of carbonyl (C=O) groups excluding carboxylic acids is 1. The van der Waals surface area contributed by atoms with E-state index in [9.17, 15) is 9.59 Å². The predicted octanol–water partition coefficient (Wildman–Crippen LogP) is 2.62. The molecule has 0 aromatic rings. The average molecular weight is 338 g/mol. The van der Waals surface area contributed by atoms with Gasteiger partial charge in [-0.25, -0.2) is 4.79 Å². The SMILES string of the molecule is CCOC1CC(N(C)C(=O)NC2CCC(C(=O)O)CC2)C12CCC2. The van der Waals surface area contributed by atoms with E-state index >= 15 is 0 Å². The predicted molar refractivity (Wildman–Crippen MR) is 89.8 cm³/mol. The fraction of sp³-hybridized carbons (Fsp3) is 0.889. The molecule has 0 saturated heterocycles. The molecule has 2 atom stereocenters. The number of amides is 2. The molecule has 0 aromatic heterocycles. The molecule has 0 radical (unpaired) electrons. The molecule has 0 aromatic carbocycles. The van der Waals surface area contributed by atoms with Gasteiger partial charge in [0.15, 0.2) is 0 Å². The van der Waals surface area contributed by atoms with Gasteiger partial charge in [0.2, 0.25) is 0 Å². The minimum absolute atomic E-state index is 0.0139. The van der Waals surface area contributed by atoms with Gasteiger partial charge in [-0.2, -0.15) is 0 Å². The molecule has 3 fully saturated rings. The maximum absolute atomic E-state index is 12.6. The molecular weight excluding hydrogens is 308 g/mol. The van der Waals surface area contributed by atoms with Gasteiger partial charge in [0.05, 0.1) is 12.0 Å². The number of carboxylic acids is 1. The van der Waals surface area contributed by atoms with Crippen molar-refractivity contribution in [2.75, 3.05) is 13.7 Å². The summed E-state index contributed by atoms with van der Waals surface area (Å²) in [4.78, 5) is 25.5. The molecule has 6 heteroatoms. The summed E-state index contributed by atoms with van der Waals surface area (Å²) in [6.45, 7) is 2.77. The number of ether oxygens (including phenoxy) is 1. The fourth-order valence-corrected chi connectivity index (χ4v) is 4.85. The summed E-state index contributed by atoms with van der Waals surface area (Å²) >= 11 is 0. The van der Waals surface area contributed by atoms with E-state index < -0.39 is 5.97 Å². The number of rotatable bonds is 5. The minimum Gasteiger partial charge on any atom is -0.481 e. The van der Waals surface area contributed by atoms with Crippen molar-refractivity contribution in [1.29, 1.82) is 0 Å². The Bertz CT molecular complexity index is 483. The highest BCUT2D eigenvalue weighted by Gasteiger charge is 2.61. The summed E-state index contributed by atoms with van der Waals surface area (Å²) in [7, 11) is 1.89. The summed E-state index contributed by atoms with van der Waals surface area (Å²) < 4.78 is 5.87. The van der Waals surface area contributed by atoms with Crippen LogP contribution in [0, 0.1) is 11.3 Å². The Morgan fingerprint density at radius 1 is 1.25 bits per heavy atom. The Morgan fingerprint density at radius 2 is 1.92 bits per heavy atom. The van der Waals surface area contributed by atoms with E-state index in [-0.39, 0.29) is 29.4 Å². The van der Waals surface area contributed by atoms with Crippen molar-refractivity contribution >= 4 is 12.0 Å². The van der Waals surface area contributed by atoms with Crippen molar-refractivity contribution in [2.24, 2.45) is 11.3 Å². The maximum atomic E-state index is 12.6. The molecule has 1 spiro atoms. The molecule has 3 saturated carbocycles. The van der Waals surface area contributed by atoms with Crippen molar-refractivity contribution in [3.8, 4) is 0 Å². The molecule has 3 aliphatic carbocycles. The molecule has 2 N–H and O–H groups in total. The highest BCUT2D eigenvalue weighted by Crippen LogP contribution is 2.58. The van der Waals surface area contributed by atoms with Crippen molar-refractivity contribution < 1.29 is 19.4 Å². The van der Waals surface area contributed by atoms with E-state index in [4.69, 9.17) is 9.84 Å². The van der Waals surface area contributed by atoms with E-state index in [0.717, 1.165) is 38.7 Å². The van der Waals surface area contributed by atoms with E-state index in [0.29, 0.717) is 18.9 Å². The Hall–Kier alpha value is -1.30. The summed E-state index contributed by atoms with van der Waals surface area (Å²) in [6.07, 6.45) is 7.61. The number of carbonyl (C=O) groups is 2.